The van der Waals surface area contributed by atoms with Gasteiger partial charge in [-0.2, -0.15) is 0 Å². The summed E-state index contributed by atoms with van der Waals surface area (Å²) in [6.45, 7) is 7.52. The molecular weight excluding hydrogens is 284 g/mol. The lowest BCUT2D eigenvalue weighted by molar-refractivity contribution is 0.0876. The lowest BCUT2D eigenvalue weighted by Gasteiger charge is -2.46. The average Bonchev–Trinajstić information content (AvgIpc) is 2.47. The van der Waals surface area contributed by atoms with E-state index < -0.39 is 0 Å². The summed E-state index contributed by atoms with van der Waals surface area (Å²) in [7, 11) is 6.01. The number of ether oxygens (including phenoxy) is 1. The Balaban J connectivity index is 3.44. The first-order chi connectivity index (χ1) is 9.96. The van der Waals surface area contributed by atoms with Crippen molar-refractivity contribution in [3.63, 3.8) is 0 Å². The minimum Gasteiger partial charge on any atom is -0.496 e. The number of hydrogen-bond acceptors (Lipinski definition) is 3. The van der Waals surface area contributed by atoms with Gasteiger partial charge in [0.15, 0.2) is 0 Å². The Bertz CT molecular complexity index is 444. The molecule has 1 N–H and O–H groups in total. The number of methoxy groups -OCH3 is 1. The van der Waals surface area contributed by atoms with E-state index in [1.54, 1.807) is 7.11 Å². The molecule has 0 aromatic heterocycles. The van der Waals surface area contributed by atoms with Gasteiger partial charge >= 0.3 is 0 Å². The molecule has 0 amide bonds. The molecule has 0 saturated carbocycles. The SMILES string of the molecule is CCNC(c1cc(Cl)ccc1OC)C(CC)(CC)N(C)C. The highest BCUT2D eigenvalue weighted by Gasteiger charge is 2.39. The Morgan fingerprint density at radius 2 is 1.86 bits per heavy atom. The molecule has 0 heterocycles. The quantitative estimate of drug-likeness (QED) is 0.781. The van der Waals surface area contributed by atoms with Gasteiger partial charge in [-0.3, -0.25) is 0 Å². The molecule has 0 spiro atoms. The van der Waals surface area contributed by atoms with E-state index in [2.05, 4.69) is 45.1 Å². The van der Waals surface area contributed by atoms with Crippen LogP contribution in [0.5, 0.6) is 5.75 Å². The molecule has 0 aliphatic heterocycles. The summed E-state index contributed by atoms with van der Waals surface area (Å²) in [6.07, 6.45) is 2.09. The molecule has 21 heavy (non-hydrogen) atoms. The Kier molecular flexibility index (Phi) is 6.98. The fraction of sp³-hybridized carbons (Fsp3) is 0.647. The summed E-state index contributed by atoms with van der Waals surface area (Å²) in [5, 5.41) is 4.39. The third-order valence-electron chi connectivity index (χ3n) is 4.56. The van der Waals surface area contributed by atoms with Gasteiger partial charge in [0.25, 0.3) is 0 Å². The zero-order chi connectivity index (χ0) is 16.0. The van der Waals surface area contributed by atoms with E-state index in [0.29, 0.717) is 0 Å². The molecule has 1 rings (SSSR count). The Morgan fingerprint density at radius 3 is 2.29 bits per heavy atom. The van der Waals surface area contributed by atoms with Crippen molar-refractivity contribution in [2.45, 2.75) is 45.2 Å². The minimum atomic E-state index is 0.0218. The molecular formula is C17H29ClN2O. The standard InChI is InChI=1S/C17H29ClN2O/c1-7-17(8-2,20(4)5)16(19-9-3)14-12-13(18)10-11-15(14)21-6/h10-12,16,19H,7-9H2,1-6H3. The summed E-state index contributed by atoms with van der Waals surface area (Å²) in [5.41, 5.74) is 1.15. The second kappa shape index (κ2) is 8.02. The van der Waals surface area contributed by atoms with Gasteiger partial charge in [0.2, 0.25) is 0 Å². The van der Waals surface area contributed by atoms with Gasteiger partial charge in [-0.15, -0.1) is 0 Å². The van der Waals surface area contributed by atoms with Crippen molar-refractivity contribution in [2.24, 2.45) is 0 Å². The van der Waals surface area contributed by atoms with Gasteiger partial charge in [-0.05, 0) is 51.7 Å². The summed E-state index contributed by atoms with van der Waals surface area (Å²) >= 11 is 6.24. The van der Waals surface area contributed by atoms with E-state index in [1.165, 1.54) is 0 Å². The van der Waals surface area contributed by atoms with E-state index in [0.717, 1.165) is 35.7 Å². The Morgan fingerprint density at radius 1 is 1.24 bits per heavy atom. The van der Waals surface area contributed by atoms with Crippen LogP contribution in [0.1, 0.15) is 45.2 Å². The van der Waals surface area contributed by atoms with E-state index in [1.807, 2.05) is 18.2 Å². The minimum absolute atomic E-state index is 0.0218. The third-order valence-corrected chi connectivity index (χ3v) is 4.80. The van der Waals surface area contributed by atoms with Crippen LogP contribution in [0.4, 0.5) is 0 Å². The Hall–Kier alpha value is -0.770. The first-order valence-electron chi connectivity index (χ1n) is 7.71. The molecule has 3 nitrogen and oxygen atoms in total. The van der Waals surface area contributed by atoms with Crippen LogP contribution < -0.4 is 10.1 Å². The number of hydrogen-bond donors (Lipinski definition) is 1. The molecule has 0 saturated heterocycles. The molecule has 1 aromatic rings. The van der Waals surface area contributed by atoms with Gasteiger partial charge in [0.1, 0.15) is 5.75 Å². The third kappa shape index (κ3) is 3.71. The number of benzene rings is 1. The summed E-state index contributed by atoms with van der Waals surface area (Å²) < 4.78 is 5.57. The fourth-order valence-corrected chi connectivity index (χ4v) is 3.45. The van der Waals surface area contributed by atoms with Gasteiger partial charge in [-0.1, -0.05) is 32.4 Å². The normalized spacial score (nSPS) is 13.5. The van der Waals surface area contributed by atoms with Crippen molar-refractivity contribution in [3.8, 4) is 5.75 Å². The fourth-order valence-electron chi connectivity index (χ4n) is 3.27. The highest BCUT2D eigenvalue weighted by molar-refractivity contribution is 6.30. The molecule has 1 unspecified atom stereocenters. The Labute approximate surface area is 134 Å². The van der Waals surface area contributed by atoms with E-state index in [4.69, 9.17) is 16.3 Å². The van der Waals surface area contributed by atoms with Crippen LogP contribution in [-0.4, -0.2) is 38.2 Å². The lowest BCUT2D eigenvalue weighted by atomic mass is 9.79. The zero-order valence-electron chi connectivity index (χ0n) is 14.2. The van der Waals surface area contributed by atoms with Crippen LogP contribution in [0, 0.1) is 0 Å². The van der Waals surface area contributed by atoms with Crippen LogP contribution in [0.15, 0.2) is 18.2 Å². The van der Waals surface area contributed by atoms with Gasteiger partial charge in [0.05, 0.1) is 13.2 Å². The van der Waals surface area contributed by atoms with E-state index in [-0.39, 0.29) is 11.6 Å². The van der Waals surface area contributed by atoms with Crippen LogP contribution >= 0.6 is 11.6 Å². The lowest BCUT2D eigenvalue weighted by Crippen LogP contribution is -2.53. The molecule has 0 radical (unpaired) electrons. The van der Waals surface area contributed by atoms with Crippen molar-refractivity contribution in [2.75, 3.05) is 27.7 Å². The van der Waals surface area contributed by atoms with Crippen molar-refractivity contribution < 1.29 is 4.74 Å². The average molecular weight is 313 g/mol. The van der Waals surface area contributed by atoms with Crippen molar-refractivity contribution >= 4 is 11.6 Å². The maximum Gasteiger partial charge on any atom is 0.123 e. The highest BCUT2D eigenvalue weighted by atomic mass is 35.5. The van der Waals surface area contributed by atoms with Gasteiger partial charge in [0, 0.05) is 16.1 Å². The monoisotopic (exact) mass is 312 g/mol. The summed E-state index contributed by atoms with van der Waals surface area (Å²) in [4.78, 5) is 2.32. The largest absolute Gasteiger partial charge is 0.496 e. The van der Waals surface area contributed by atoms with Crippen LogP contribution in [0.3, 0.4) is 0 Å². The number of likely N-dealkylation sites (N-methyl/N-ethyl adjacent to an activating group) is 2. The summed E-state index contributed by atoms with van der Waals surface area (Å²) in [5.74, 6) is 0.887. The predicted octanol–water partition coefficient (Wildman–Crippen LogP) is 4.12. The first kappa shape index (κ1) is 18.3. The molecule has 0 aliphatic carbocycles. The molecule has 1 atom stereocenters. The molecule has 0 fully saturated rings. The number of nitrogens with zero attached hydrogens (tertiary/aromatic N) is 1. The van der Waals surface area contributed by atoms with Crippen LogP contribution in [0.25, 0.3) is 0 Å². The molecule has 4 heteroatoms. The van der Waals surface area contributed by atoms with Gasteiger partial charge < -0.3 is 15.0 Å². The van der Waals surface area contributed by atoms with Crippen LogP contribution in [0.2, 0.25) is 5.02 Å². The first-order valence-corrected chi connectivity index (χ1v) is 8.08. The smallest absolute Gasteiger partial charge is 0.123 e. The zero-order valence-corrected chi connectivity index (χ0v) is 14.9. The predicted molar refractivity (Wildman–Crippen MR) is 91.4 cm³/mol. The molecule has 1 aromatic carbocycles. The number of nitrogens with one attached hydrogen (secondary N) is 1. The molecule has 0 bridgehead atoms. The van der Waals surface area contributed by atoms with E-state index >= 15 is 0 Å². The number of rotatable bonds is 8. The van der Waals surface area contributed by atoms with Crippen molar-refractivity contribution in [3.05, 3.63) is 28.8 Å². The van der Waals surface area contributed by atoms with Crippen molar-refractivity contribution in [1.82, 2.24) is 10.2 Å². The topological polar surface area (TPSA) is 24.5 Å². The maximum absolute atomic E-state index is 6.24. The van der Waals surface area contributed by atoms with Crippen LogP contribution in [-0.2, 0) is 0 Å². The molecule has 0 aliphatic rings. The maximum atomic E-state index is 6.24. The number of halogens is 1. The highest BCUT2D eigenvalue weighted by Crippen LogP contribution is 2.40. The van der Waals surface area contributed by atoms with E-state index in [9.17, 15) is 0 Å². The molecule has 120 valence electrons. The van der Waals surface area contributed by atoms with Crippen molar-refractivity contribution in [1.29, 1.82) is 0 Å². The second-order valence-corrected chi connectivity index (χ2v) is 6.02. The second-order valence-electron chi connectivity index (χ2n) is 5.58. The van der Waals surface area contributed by atoms with Gasteiger partial charge in [-0.25, -0.2) is 0 Å². The summed E-state index contributed by atoms with van der Waals surface area (Å²) in [6, 6.07) is 6.02.